The maximum Gasteiger partial charge on any atom is 0.255 e. The molecule has 34 heavy (non-hydrogen) atoms. The number of nitrogens with zero attached hydrogens (tertiary/aromatic N) is 1. The molecule has 174 valence electrons. The SMILES string of the molecule is O=C(NCc1cccc(S(=O)(=O)NCc2cccc(F)c2)c1)c1cn[nH]c1-c1ccc(Cl)cc1. The van der Waals surface area contributed by atoms with Crippen LogP contribution >= 0.6 is 11.6 Å². The minimum Gasteiger partial charge on any atom is -0.348 e. The molecule has 1 heterocycles. The van der Waals surface area contributed by atoms with Crippen LogP contribution in [0.15, 0.2) is 83.9 Å². The number of benzene rings is 3. The van der Waals surface area contributed by atoms with Gasteiger partial charge in [0.2, 0.25) is 10.0 Å². The van der Waals surface area contributed by atoms with E-state index in [4.69, 9.17) is 11.6 Å². The van der Waals surface area contributed by atoms with E-state index in [1.54, 1.807) is 42.5 Å². The van der Waals surface area contributed by atoms with Crippen molar-refractivity contribution in [3.63, 3.8) is 0 Å². The summed E-state index contributed by atoms with van der Waals surface area (Å²) in [4.78, 5) is 12.8. The number of hydrogen-bond acceptors (Lipinski definition) is 4. The van der Waals surface area contributed by atoms with E-state index in [0.717, 1.165) is 5.56 Å². The van der Waals surface area contributed by atoms with E-state index < -0.39 is 15.8 Å². The zero-order chi connectivity index (χ0) is 24.1. The summed E-state index contributed by atoms with van der Waals surface area (Å²) in [5.74, 6) is -0.803. The topological polar surface area (TPSA) is 104 Å². The molecule has 0 radical (unpaired) electrons. The van der Waals surface area contributed by atoms with Gasteiger partial charge >= 0.3 is 0 Å². The van der Waals surface area contributed by atoms with Gasteiger partial charge in [0, 0.05) is 23.7 Å². The Labute approximate surface area is 201 Å². The molecular formula is C24H20ClFN4O3S. The molecule has 1 amide bonds. The van der Waals surface area contributed by atoms with Crippen LogP contribution in [0.4, 0.5) is 4.39 Å². The number of amides is 1. The standard InChI is InChI=1S/C24H20ClFN4O3S/c25-19-9-7-18(8-10-19)23-22(15-28-30-23)24(31)27-13-17-4-2-6-21(12-17)34(32,33)29-14-16-3-1-5-20(26)11-16/h1-12,15,29H,13-14H2,(H,27,31)(H,28,30). The molecule has 7 nitrogen and oxygen atoms in total. The van der Waals surface area contributed by atoms with Crippen LogP contribution < -0.4 is 10.0 Å². The van der Waals surface area contributed by atoms with Gasteiger partial charge in [0.05, 0.1) is 22.3 Å². The smallest absolute Gasteiger partial charge is 0.255 e. The van der Waals surface area contributed by atoms with Gasteiger partial charge in [-0.3, -0.25) is 9.89 Å². The third-order valence-corrected chi connectivity index (χ3v) is 6.68. The van der Waals surface area contributed by atoms with E-state index in [-0.39, 0.29) is 23.9 Å². The molecule has 0 spiro atoms. The molecule has 3 aromatic carbocycles. The Morgan fingerprint density at radius 3 is 2.41 bits per heavy atom. The molecule has 0 bridgehead atoms. The van der Waals surface area contributed by atoms with Crippen LogP contribution in [-0.2, 0) is 23.1 Å². The third-order valence-electron chi connectivity index (χ3n) is 5.03. The lowest BCUT2D eigenvalue weighted by molar-refractivity contribution is 0.0951. The Kier molecular flexibility index (Phi) is 7.06. The van der Waals surface area contributed by atoms with Crippen molar-refractivity contribution in [3.8, 4) is 11.3 Å². The normalized spacial score (nSPS) is 11.4. The van der Waals surface area contributed by atoms with Crippen LogP contribution in [0.5, 0.6) is 0 Å². The van der Waals surface area contributed by atoms with E-state index >= 15 is 0 Å². The zero-order valence-corrected chi connectivity index (χ0v) is 19.3. The lowest BCUT2D eigenvalue weighted by atomic mass is 10.1. The average Bonchev–Trinajstić information content (AvgIpc) is 3.32. The van der Waals surface area contributed by atoms with Crippen LogP contribution in [0.3, 0.4) is 0 Å². The Morgan fingerprint density at radius 1 is 0.971 bits per heavy atom. The first-order valence-electron chi connectivity index (χ1n) is 10.2. The predicted octanol–water partition coefficient (Wildman–Crippen LogP) is 4.28. The van der Waals surface area contributed by atoms with Crippen molar-refractivity contribution in [2.45, 2.75) is 18.0 Å². The summed E-state index contributed by atoms with van der Waals surface area (Å²) < 4.78 is 41.1. The van der Waals surface area contributed by atoms with Gasteiger partial charge in [-0.25, -0.2) is 17.5 Å². The van der Waals surface area contributed by atoms with E-state index in [0.29, 0.717) is 27.4 Å². The fraction of sp³-hybridized carbons (Fsp3) is 0.0833. The molecule has 4 aromatic rings. The number of carbonyl (C=O) groups is 1. The number of rotatable bonds is 8. The monoisotopic (exact) mass is 498 g/mol. The number of nitrogens with one attached hydrogen (secondary N) is 3. The Bertz CT molecular complexity index is 1420. The number of aromatic amines is 1. The summed E-state index contributed by atoms with van der Waals surface area (Å²) in [6.07, 6.45) is 1.43. The Morgan fingerprint density at radius 2 is 1.68 bits per heavy atom. The van der Waals surface area contributed by atoms with Crippen LogP contribution in [0.1, 0.15) is 21.5 Å². The molecule has 1 aromatic heterocycles. The highest BCUT2D eigenvalue weighted by molar-refractivity contribution is 7.89. The van der Waals surface area contributed by atoms with Gasteiger partial charge in [-0.15, -0.1) is 0 Å². The van der Waals surface area contributed by atoms with E-state index in [2.05, 4.69) is 20.2 Å². The molecule has 0 aliphatic heterocycles. The van der Waals surface area contributed by atoms with E-state index in [1.165, 1.54) is 36.5 Å². The van der Waals surface area contributed by atoms with E-state index in [9.17, 15) is 17.6 Å². The molecule has 0 atom stereocenters. The van der Waals surface area contributed by atoms with Gasteiger partial charge in [0.15, 0.2) is 0 Å². The molecule has 3 N–H and O–H groups in total. The summed E-state index contributed by atoms with van der Waals surface area (Å²) in [5.41, 5.74) is 2.75. The lowest BCUT2D eigenvalue weighted by Crippen LogP contribution is -2.25. The van der Waals surface area contributed by atoms with Crippen LogP contribution in [0, 0.1) is 5.82 Å². The molecule has 4 rings (SSSR count). The number of H-pyrrole nitrogens is 1. The summed E-state index contributed by atoms with van der Waals surface area (Å²) in [6.45, 7) is 0.0619. The van der Waals surface area contributed by atoms with E-state index in [1.807, 2.05) is 0 Å². The first-order chi connectivity index (χ1) is 16.3. The fourth-order valence-corrected chi connectivity index (χ4v) is 4.52. The van der Waals surface area contributed by atoms with Crippen molar-refractivity contribution in [1.29, 1.82) is 0 Å². The highest BCUT2D eigenvalue weighted by Gasteiger charge is 2.17. The molecule has 10 heteroatoms. The minimum atomic E-state index is -3.83. The van der Waals surface area contributed by atoms with Crippen molar-refractivity contribution in [2.75, 3.05) is 0 Å². The number of sulfonamides is 1. The highest BCUT2D eigenvalue weighted by Crippen LogP contribution is 2.23. The van der Waals surface area contributed by atoms with Gasteiger partial charge < -0.3 is 5.32 Å². The summed E-state index contributed by atoms with van der Waals surface area (Å²) in [7, 11) is -3.83. The van der Waals surface area contributed by atoms with Crippen molar-refractivity contribution in [1.82, 2.24) is 20.2 Å². The Hall–Kier alpha value is -3.53. The predicted molar refractivity (Wildman–Crippen MR) is 127 cm³/mol. The Balaban J connectivity index is 1.42. The molecule has 0 fully saturated rings. The maximum atomic E-state index is 13.3. The second-order valence-electron chi connectivity index (χ2n) is 7.45. The number of aromatic nitrogens is 2. The molecule has 0 aliphatic carbocycles. The molecule has 0 unspecified atom stereocenters. The van der Waals surface area contributed by atoms with Crippen LogP contribution in [-0.4, -0.2) is 24.5 Å². The van der Waals surface area contributed by atoms with Gasteiger partial charge in [-0.2, -0.15) is 5.10 Å². The fourth-order valence-electron chi connectivity index (χ4n) is 3.30. The average molecular weight is 499 g/mol. The number of halogens is 2. The van der Waals surface area contributed by atoms with Crippen LogP contribution in [0.25, 0.3) is 11.3 Å². The van der Waals surface area contributed by atoms with Gasteiger partial charge in [0.25, 0.3) is 5.91 Å². The number of hydrogen-bond donors (Lipinski definition) is 3. The molecule has 0 saturated heterocycles. The highest BCUT2D eigenvalue weighted by atomic mass is 35.5. The minimum absolute atomic E-state index is 0.0424. The zero-order valence-electron chi connectivity index (χ0n) is 17.8. The lowest BCUT2D eigenvalue weighted by Gasteiger charge is -2.10. The van der Waals surface area contributed by atoms with Crippen molar-refractivity contribution >= 4 is 27.5 Å². The van der Waals surface area contributed by atoms with Gasteiger partial charge in [-0.05, 0) is 47.5 Å². The quantitative estimate of drug-likeness (QED) is 0.337. The van der Waals surface area contributed by atoms with Crippen molar-refractivity contribution < 1.29 is 17.6 Å². The summed E-state index contributed by atoms with van der Waals surface area (Å²) >= 11 is 5.93. The second-order valence-corrected chi connectivity index (χ2v) is 9.65. The second kappa shape index (κ2) is 10.2. The molecule has 0 saturated carbocycles. The third kappa shape index (κ3) is 5.69. The first-order valence-corrected chi connectivity index (χ1v) is 12.1. The summed E-state index contributed by atoms with van der Waals surface area (Å²) in [6, 6.07) is 18.9. The van der Waals surface area contributed by atoms with Gasteiger partial charge in [0.1, 0.15) is 5.82 Å². The van der Waals surface area contributed by atoms with Crippen molar-refractivity contribution in [2.24, 2.45) is 0 Å². The van der Waals surface area contributed by atoms with Crippen LogP contribution in [0.2, 0.25) is 5.02 Å². The number of carbonyl (C=O) groups excluding carboxylic acids is 1. The molecule has 0 aliphatic rings. The van der Waals surface area contributed by atoms with Gasteiger partial charge in [-0.1, -0.05) is 48.0 Å². The molecular weight excluding hydrogens is 479 g/mol. The largest absolute Gasteiger partial charge is 0.348 e. The maximum absolute atomic E-state index is 13.3. The van der Waals surface area contributed by atoms with Crippen molar-refractivity contribution in [3.05, 3.63) is 107 Å². The summed E-state index contributed by atoms with van der Waals surface area (Å²) in [5, 5.41) is 10.1. The first kappa shape index (κ1) is 23.6.